The highest BCUT2D eigenvalue weighted by atomic mass is 35.5. The molecule has 0 aromatic heterocycles. The van der Waals surface area contributed by atoms with Gasteiger partial charge < -0.3 is 9.84 Å². The van der Waals surface area contributed by atoms with E-state index >= 15 is 0 Å². The first-order valence-corrected chi connectivity index (χ1v) is 6.81. The lowest BCUT2D eigenvalue weighted by molar-refractivity contribution is -0.146. The summed E-state index contributed by atoms with van der Waals surface area (Å²) in [4.78, 5) is 11.7. The molecule has 0 radical (unpaired) electrons. The highest BCUT2D eigenvalue weighted by Crippen LogP contribution is 2.25. The number of aliphatic hydroxyl groups is 1. The van der Waals surface area contributed by atoms with Crippen molar-refractivity contribution in [2.24, 2.45) is 0 Å². The lowest BCUT2D eigenvalue weighted by Gasteiger charge is -2.22. The standard InChI is InChI=1S/C15H21ClO3/c1-15(2,14(18)19-3)12-9-7-11(8-10-12)5-4-6-13(16)17/h7-10,13,17H,4-6H2,1-3H3. The van der Waals surface area contributed by atoms with Gasteiger partial charge in [0.2, 0.25) is 0 Å². The summed E-state index contributed by atoms with van der Waals surface area (Å²) in [5, 5.41) is 8.98. The molecule has 1 rings (SSSR count). The second-order valence-electron chi connectivity index (χ2n) is 5.14. The zero-order chi connectivity index (χ0) is 14.5. The minimum atomic E-state index is -0.766. The Labute approximate surface area is 119 Å². The van der Waals surface area contributed by atoms with Crippen molar-refractivity contribution < 1.29 is 14.6 Å². The van der Waals surface area contributed by atoms with Crippen LogP contribution in [0.5, 0.6) is 0 Å². The first-order valence-electron chi connectivity index (χ1n) is 6.38. The Kier molecular flexibility index (Phi) is 5.83. The van der Waals surface area contributed by atoms with Gasteiger partial charge in [-0.2, -0.15) is 0 Å². The Balaban J connectivity index is 2.68. The number of methoxy groups -OCH3 is 1. The van der Waals surface area contributed by atoms with E-state index in [1.165, 1.54) is 12.7 Å². The number of aryl methyl sites for hydroxylation is 1. The average molecular weight is 285 g/mol. The van der Waals surface area contributed by atoms with E-state index in [9.17, 15) is 4.79 Å². The molecule has 0 fully saturated rings. The summed E-state index contributed by atoms with van der Waals surface area (Å²) in [6, 6.07) is 7.90. The number of alkyl halides is 1. The maximum absolute atomic E-state index is 11.7. The Morgan fingerprint density at radius 1 is 1.37 bits per heavy atom. The number of hydrogen-bond donors (Lipinski definition) is 1. The zero-order valence-electron chi connectivity index (χ0n) is 11.6. The number of benzene rings is 1. The molecule has 0 aliphatic carbocycles. The Morgan fingerprint density at radius 2 is 1.95 bits per heavy atom. The van der Waals surface area contributed by atoms with Crippen LogP contribution in [-0.2, 0) is 21.4 Å². The van der Waals surface area contributed by atoms with Crippen LogP contribution in [0.25, 0.3) is 0 Å². The molecule has 0 saturated heterocycles. The SMILES string of the molecule is COC(=O)C(C)(C)c1ccc(CCCC(O)Cl)cc1. The minimum Gasteiger partial charge on any atom is -0.468 e. The van der Waals surface area contributed by atoms with Gasteiger partial charge in [0.15, 0.2) is 0 Å². The van der Waals surface area contributed by atoms with Gasteiger partial charge in [-0.1, -0.05) is 35.9 Å². The molecule has 0 heterocycles. The van der Waals surface area contributed by atoms with Crippen molar-refractivity contribution in [2.45, 2.75) is 44.1 Å². The summed E-state index contributed by atoms with van der Waals surface area (Å²) in [7, 11) is 1.40. The van der Waals surface area contributed by atoms with E-state index in [4.69, 9.17) is 21.4 Å². The van der Waals surface area contributed by atoms with Gasteiger partial charge in [0, 0.05) is 0 Å². The number of aliphatic hydroxyl groups excluding tert-OH is 1. The van der Waals surface area contributed by atoms with Crippen LogP contribution in [-0.4, -0.2) is 23.7 Å². The second kappa shape index (κ2) is 6.92. The van der Waals surface area contributed by atoms with E-state index in [0.717, 1.165) is 18.4 Å². The van der Waals surface area contributed by atoms with E-state index in [2.05, 4.69) is 0 Å². The third-order valence-electron chi connectivity index (χ3n) is 3.28. The number of ether oxygens (including phenoxy) is 1. The van der Waals surface area contributed by atoms with Gasteiger partial charge in [-0.05, 0) is 44.2 Å². The summed E-state index contributed by atoms with van der Waals surface area (Å²) >= 11 is 5.48. The van der Waals surface area contributed by atoms with Gasteiger partial charge in [0.1, 0.15) is 5.56 Å². The topological polar surface area (TPSA) is 46.5 Å². The molecule has 1 aromatic carbocycles. The molecule has 0 saturated carbocycles. The third-order valence-corrected chi connectivity index (χ3v) is 3.50. The molecule has 0 amide bonds. The number of rotatable bonds is 6. The molecule has 0 spiro atoms. The summed E-state index contributed by atoms with van der Waals surface area (Å²) < 4.78 is 4.81. The van der Waals surface area contributed by atoms with Crippen molar-refractivity contribution >= 4 is 17.6 Å². The number of carbonyl (C=O) groups is 1. The van der Waals surface area contributed by atoms with Crippen LogP contribution < -0.4 is 0 Å². The number of carbonyl (C=O) groups excluding carboxylic acids is 1. The van der Waals surface area contributed by atoms with E-state index < -0.39 is 11.0 Å². The molecule has 1 aromatic rings. The van der Waals surface area contributed by atoms with E-state index in [0.29, 0.717) is 6.42 Å². The molecule has 1 atom stereocenters. The Morgan fingerprint density at radius 3 is 2.42 bits per heavy atom. The monoisotopic (exact) mass is 284 g/mol. The Bertz CT molecular complexity index is 410. The highest BCUT2D eigenvalue weighted by molar-refractivity contribution is 6.19. The second-order valence-corrected chi connectivity index (χ2v) is 5.64. The van der Waals surface area contributed by atoms with Crippen molar-refractivity contribution in [1.82, 2.24) is 0 Å². The van der Waals surface area contributed by atoms with Crippen LogP contribution in [0, 0.1) is 0 Å². The van der Waals surface area contributed by atoms with Crippen LogP contribution >= 0.6 is 11.6 Å². The number of halogens is 1. The quantitative estimate of drug-likeness (QED) is 0.645. The van der Waals surface area contributed by atoms with Crippen molar-refractivity contribution in [3.63, 3.8) is 0 Å². The molecule has 0 bridgehead atoms. The molecule has 106 valence electrons. The molecule has 19 heavy (non-hydrogen) atoms. The van der Waals surface area contributed by atoms with Crippen LogP contribution in [0.4, 0.5) is 0 Å². The molecule has 4 heteroatoms. The number of hydrogen-bond acceptors (Lipinski definition) is 3. The van der Waals surface area contributed by atoms with Crippen molar-refractivity contribution in [2.75, 3.05) is 7.11 Å². The predicted molar refractivity (Wildman–Crippen MR) is 76.3 cm³/mol. The van der Waals surface area contributed by atoms with Gasteiger partial charge in [-0.15, -0.1) is 0 Å². The van der Waals surface area contributed by atoms with Crippen LogP contribution in [0.15, 0.2) is 24.3 Å². The molecule has 1 unspecified atom stereocenters. The molecule has 1 N–H and O–H groups in total. The number of esters is 1. The smallest absolute Gasteiger partial charge is 0.315 e. The predicted octanol–water partition coefficient (Wildman–Crippen LogP) is 3.02. The fraction of sp³-hybridized carbons (Fsp3) is 0.533. The Hall–Kier alpha value is -1.06. The molecule has 0 aliphatic heterocycles. The zero-order valence-corrected chi connectivity index (χ0v) is 12.4. The van der Waals surface area contributed by atoms with Crippen LogP contribution in [0.2, 0.25) is 0 Å². The summed E-state index contributed by atoms with van der Waals surface area (Å²) in [6.07, 6.45) is 2.28. The lowest BCUT2D eigenvalue weighted by Crippen LogP contribution is -2.30. The van der Waals surface area contributed by atoms with Gasteiger partial charge >= 0.3 is 5.97 Å². The fourth-order valence-electron chi connectivity index (χ4n) is 1.94. The maximum Gasteiger partial charge on any atom is 0.315 e. The van der Waals surface area contributed by atoms with E-state index in [-0.39, 0.29) is 5.97 Å². The molecule has 0 aliphatic rings. The van der Waals surface area contributed by atoms with Crippen molar-refractivity contribution in [1.29, 1.82) is 0 Å². The molecular formula is C15H21ClO3. The van der Waals surface area contributed by atoms with Crippen LogP contribution in [0.3, 0.4) is 0 Å². The van der Waals surface area contributed by atoms with Crippen LogP contribution in [0.1, 0.15) is 37.8 Å². The van der Waals surface area contributed by atoms with Crippen molar-refractivity contribution in [3.8, 4) is 0 Å². The van der Waals surface area contributed by atoms with E-state index in [1.807, 2.05) is 38.1 Å². The first-order chi connectivity index (χ1) is 8.87. The summed E-state index contributed by atoms with van der Waals surface area (Å²) in [5.41, 5.74) is 0.694. The lowest BCUT2D eigenvalue weighted by atomic mass is 9.84. The maximum atomic E-state index is 11.7. The third kappa shape index (κ3) is 4.51. The minimum absolute atomic E-state index is 0.245. The average Bonchev–Trinajstić information content (AvgIpc) is 2.38. The van der Waals surface area contributed by atoms with Gasteiger partial charge in [0.05, 0.1) is 12.5 Å². The highest BCUT2D eigenvalue weighted by Gasteiger charge is 2.30. The summed E-state index contributed by atoms with van der Waals surface area (Å²) in [5.74, 6) is -0.245. The van der Waals surface area contributed by atoms with Gasteiger partial charge in [-0.25, -0.2) is 0 Å². The van der Waals surface area contributed by atoms with Crippen molar-refractivity contribution in [3.05, 3.63) is 35.4 Å². The fourth-order valence-corrected chi connectivity index (χ4v) is 2.09. The van der Waals surface area contributed by atoms with E-state index in [1.54, 1.807) is 0 Å². The normalized spacial score (nSPS) is 13.1. The summed E-state index contributed by atoms with van der Waals surface area (Å²) in [6.45, 7) is 3.69. The van der Waals surface area contributed by atoms with Gasteiger partial charge in [-0.3, -0.25) is 4.79 Å². The first kappa shape index (κ1) is 16.0. The largest absolute Gasteiger partial charge is 0.468 e. The van der Waals surface area contributed by atoms with Gasteiger partial charge in [0.25, 0.3) is 0 Å². The molecular weight excluding hydrogens is 264 g/mol. The molecule has 3 nitrogen and oxygen atoms in total.